The number of ether oxygens (including phenoxy) is 1. The summed E-state index contributed by atoms with van der Waals surface area (Å²) in [5.74, 6) is -0.122. The van der Waals surface area contributed by atoms with Crippen LogP contribution in [-0.2, 0) is 4.79 Å². The number of amides is 1. The summed E-state index contributed by atoms with van der Waals surface area (Å²) in [6, 6.07) is 13.3. The summed E-state index contributed by atoms with van der Waals surface area (Å²) in [6.07, 6.45) is 1.48. The van der Waals surface area contributed by atoms with Crippen molar-refractivity contribution < 1.29 is 9.53 Å². The number of hydrogen-bond acceptors (Lipinski definition) is 3. The Hall–Kier alpha value is -2.80. The van der Waals surface area contributed by atoms with E-state index in [1.807, 2.05) is 49.4 Å². The molecule has 0 aliphatic heterocycles. The standard InChI is InChI=1S/C16H14N2O2/c1-2-20-15-8-7-11-5-3-4-6-13(11)14(15)9-12(10-17)16(18)19/h3-9H,2H2,1H3,(H2,18,19)/b12-9+. The second kappa shape index (κ2) is 5.89. The van der Waals surface area contributed by atoms with Crippen molar-refractivity contribution in [2.75, 3.05) is 6.61 Å². The molecule has 0 aliphatic carbocycles. The number of rotatable bonds is 4. The van der Waals surface area contributed by atoms with E-state index < -0.39 is 5.91 Å². The van der Waals surface area contributed by atoms with Gasteiger partial charge >= 0.3 is 0 Å². The maximum absolute atomic E-state index is 11.2. The number of hydrogen-bond donors (Lipinski definition) is 1. The molecule has 0 unspecified atom stereocenters. The molecular weight excluding hydrogens is 252 g/mol. The molecule has 4 heteroatoms. The van der Waals surface area contributed by atoms with E-state index in [1.165, 1.54) is 6.08 Å². The molecule has 2 aromatic carbocycles. The fraction of sp³-hybridized carbons (Fsp3) is 0.125. The number of nitrogens with two attached hydrogens (primary N) is 1. The van der Waals surface area contributed by atoms with E-state index in [1.54, 1.807) is 0 Å². The van der Waals surface area contributed by atoms with Crippen LogP contribution in [-0.4, -0.2) is 12.5 Å². The number of carbonyl (C=O) groups excluding carboxylic acids is 1. The molecule has 100 valence electrons. The first-order chi connectivity index (χ1) is 9.67. The van der Waals surface area contributed by atoms with Crippen LogP contribution in [0.1, 0.15) is 12.5 Å². The van der Waals surface area contributed by atoms with Crippen molar-refractivity contribution in [2.45, 2.75) is 6.92 Å². The molecule has 0 aromatic heterocycles. The lowest BCUT2D eigenvalue weighted by atomic mass is 10.0. The van der Waals surface area contributed by atoms with E-state index in [0.717, 1.165) is 10.8 Å². The molecule has 2 rings (SSSR count). The Labute approximate surface area is 117 Å². The van der Waals surface area contributed by atoms with Gasteiger partial charge in [-0.1, -0.05) is 30.3 Å². The Morgan fingerprint density at radius 3 is 2.75 bits per heavy atom. The highest BCUT2D eigenvalue weighted by Crippen LogP contribution is 2.30. The molecule has 2 aromatic rings. The average molecular weight is 266 g/mol. The second-order valence-corrected chi connectivity index (χ2v) is 4.17. The van der Waals surface area contributed by atoms with Crippen LogP contribution in [0.25, 0.3) is 16.8 Å². The summed E-state index contributed by atoms with van der Waals surface area (Å²) >= 11 is 0. The summed E-state index contributed by atoms with van der Waals surface area (Å²) in [6.45, 7) is 2.37. The lowest BCUT2D eigenvalue weighted by Gasteiger charge is -2.10. The van der Waals surface area contributed by atoms with Gasteiger partial charge in [0.05, 0.1) is 6.61 Å². The van der Waals surface area contributed by atoms with Gasteiger partial charge in [-0.3, -0.25) is 4.79 Å². The number of fused-ring (bicyclic) bond motifs is 1. The van der Waals surface area contributed by atoms with Crippen molar-refractivity contribution in [3.63, 3.8) is 0 Å². The van der Waals surface area contributed by atoms with Crippen LogP contribution in [0.3, 0.4) is 0 Å². The van der Waals surface area contributed by atoms with Crippen molar-refractivity contribution in [1.82, 2.24) is 0 Å². The summed E-state index contributed by atoms with van der Waals surface area (Å²) in [7, 11) is 0. The molecule has 2 N–H and O–H groups in total. The lowest BCUT2D eigenvalue weighted by molar-refractivity contribution is -0.114. The zero-order valence-corrected chi connectivity index (χ0v) is 11.1. The minimum Gasteiger partial charge on any atom is -0.493 e. The Balaban J connectivity index is 2.73. The summed E-state index contributed by atoms with van der Waals surface area (Å²) in [4.78, 5) is 11.2. The van der Waals surface area contributed by atoms with Gasteiger partial charge in [0.25, 0.3) is 5.91 Å². The van der Waals surface area contributed by atoms with Crippen LogP contribution in [0.15, 0.2) is 42.0 Å². The maximum atomic E-state index is 11.2. The third-order valence-corrected chi connectivity index (χ3v) is 2.91. The van der Waals surface area contributed by atoms with Gasteiger partial charge < -0.3 is 10.5 Å². The highest BCUT2D eigenvalue weighted by molar-refractivity contribution is 6.04. The zero-order chi connectivity index (χ0) is 14.5. The highest BCUT2D eigenvalue weighted by atomic mass is 16.5. The molecule has 0 spiro atoms. The quantitative estimate of drug-likeness (QED) is 0.682. The van der Waals surface area contributed by atoms with Gasteiger partial charge in [0.15, 0.2) is 0 Å². The van der Waals surface area contributed by atoms with Crippen LogP contribution in [0.2, 0.25) is 0 Å². The van der Waals surface area contributed by atoms with Gasteiger partial charge in [-0.15, -0.1) is 0 Å². The van der Waals surface area contributed by atoms with Crippen molar-refractivity contribution >= 4 is 22.8 Å². The van der Waals surface area contributed by atoms with Crippen molar-refractivity contribution in [1.29, 1.82) is 5.26 Å². The fourth-order valence-electron chi connectivity index (χ4n) is 2.01. The molecule has 0 saturated heterocycles. The van der Waals surface area contributed by atoms with Gasteiger partial charge in [0.1, 0.15) is 17.4 Å². The van der Waals surface area contributed by atoms with Crippen LogP contribution in [0, 0.1) is 11.3 Å². The van der Waals surface area contributed by atoms with Crippen LogP contribution < -0.4 is 10.5 Å². The predicted octanol–water partition coefficient (Wildman–Crippen LogP) is 2.63. The van der Waals surface area contributed by atoms with Crippen LogP contribution in [0.4, 0.5) is 0 Å². The fourth-order valence-corrected chi connectivity index (χ4v) is 2.01. The van der Waals surface area contributed by atoms with E-state index in [4.69, 9.17) is 15.7 Å². The maximum Gasteiger partial charge on any atom is 0.259 e. The Morgan fingerprint density at radius 2 is 2.10 bits per heavy atom. The monoisotopic (exact) mass is 266 g/mol. The van der Waals surface area contributed by atoms with Crippen molar-refractivity contribution in [3.05, 3.63) is 47.5 Å². The minimum atomic E-state index is -0.747. The Kier molecular flexibility index (Phi) is 4.02. The molecule has 20 heavy (non-hydrogen) atoms. The third-order valence-electron chi connectivity index (χ3n) is 2.91. The lowest BCUT2D eigenvalue weighted by Crippen LogP contribution is -2.12. The van der Waals surface area contributed by atoms with Gasteiger partial charge in [-0.05, 0) is 29.8 Å². The summed E-state index contributed by atoms with van der Waals surface area (Å²) in [5, 5.41) is 10.9. The van der Waals surface area contributed by atoms with Crippen LogP contribution in [0.5, 0.6) is 5.75 Å². The number of primary amides is 1. The molecule has 0 heterocycles. The van der Waals surface area contributed by atoms with Gasteiger partial charge in [0, 0.05) is 5.56 Å². The molecule has 0 saturated carbocycles. The SMILES string of the molecule is CCOc1ccc2ccccc2c1/C=C(\C#N)C(N)=O. The molecule has 4 nitrogen and oxygen atoms in total. The highest BCUT2D eigenvalue weighted by Gasteiger charge is 2.10. The number of carbonyl (C=O) groups is 1. The molecule has 1 amide bonds. The Bertz CT molecular complexity index is 727. The van der Waals surface area contributed by atoms with E-state index in [-0.39, 0.29) is 5.57 Å². The van der Waals surface area contributed by atoms with E-state index >= 15 is 0 Å². The summed E-state index contributed by atoms with van der Waals surface area (Å²) < 4.78 is 5.56. The predicted molar refractivity (Wildman–Crippen MR) is 77.9 cm³/mol. The number of nitriles is 1. The molecule has 0 atom stereocenters. The van der Waals surface area contributed by atoms with Crippen molar-refractivity contribution in [3.8, 4) is 11.8 Å². The zero-order valence-electron chi connectivity index (χ0n) is 11.1. The number of benzene rings is 2. The smallest absolute Gasteiger partial charge is 0.259 e. The van der Waals surface area contributed by atoms with Gasteiger partial charge in [-0.2, -0.15) is 5.26 Å². The molecule has 0 radical (unpaired) electrons. The Morgan fingerprint density at radius 1 is 1.35 bits per heavy atom. The largest absolute Gasteiger partial charge is 0.493 e. The van der Waals surface area contributed by atoms with E-state index in [9.17, 15) is 4.79 Å². The van der Waals surface area contributed by atoms with E-state index in [0.29, 0.717) is 17.9 Å². The first-order valence-electron chi connectivity index (χ1n) is 6.23. The molecular formula is C16H14N2O2. The second-order valence-electron chi connectivity index (χ2n) is 4.17. The van der Waals surface area contributed by atoms with Crippen molar-refractivity contribution in [2.24, 2.45) is 5.73 Å². The topological polar surface area (TPSA) is 76.1 Å². The molecule has 0 fully saturated rings. The van der Waals surface area contributed by atoms with Gasteiger partial charge in [-0.25, -0.2) is 0 Å². The normalized spacial score (nSPS) is 11.1. The third kappa shape index (κ3) is 2.62. The first kappa shape index (κ1) is 13.6. The number of nitrogens with zero attached hydrogens (tertiary/aromatic N) is 1. The van der Waals surface area contributed by atoms with Crippen LogP contribution >= 0.6 is 0 Å². The molecule has 0 bridgehead atoms. The van der Waals surface area contributed by atoms with Gasteiger partial charge in [0.2, 0.25) is 0 Å². The van der Waals surface area contributed by atoms with E-state index in [2.05, 4.69) is 0 Å². The first-order valence-corrected chi connectivity index (χ1v) is 6.23. The average Bonchev–Trinajstić information content (AvgIpc) is 2.46. The molecule has 0 aliphatic rings. The minimum absolute atomic E-state index is 0.0951. The summed E-state index contributed by atoms with van der Waals surface area (Å²) in [5.41, 5.74) is 5.79.